The average molecular weight is 297 g/mol. The summed E-state index contributed by atoms with van der Waals surface area (Å²) in [6, 6.07) is 7.65. The summed E-state index contributed by atoms with van der Waals surface area (Å²) in [6.07, 6.45) is 6.67. The number of benzene rings is 1. The number of pyridine rings is 1. The van der Waals surface area contributed by atoms with E-state index in [-0.39, 0.29) is 0 Å². The van der Waals surface area contributed by atoms with Gasteiger partial charge in [-0.05, 0) is 37.8 Å². The number of nitrogens with zero attached hydrogens (tertiary/aromatic N) is 1. The van der Waals surface area contributed by atoms with E-state index in [1.54, 1.807) is 6.07 Å². The molecule has 116 valence electrons. The number of aryl methyl sites for hydroxylation is 1. The van der Waals surface area contributed by atoms with Crippen molar-refractivity contribution in [2.24, 2.45) is 11.7 Å². The van der Waals surface area contributed by atoms with Gasteiger partial charge in [0.1, 0.15) is 0 Å². The maximum absolute atomic E-state index is 11.6. The number of hydrogen-bond donors (Lipinski definition) is 2. The van der Waals surface area contributed by atoms with Crippen LogP contribution in [0.15, 0.2) is 24.3 Å². The van der Waals surface area contributed by atoms with Crippen LogP contribution in [0.1, 0.15) is 48.2 Å². The van der Waals surface area contributed by atoms with Gasteiger partial charge in [0, 0.05) is 23.3 Å². The largest absolute Gasteiger partial charge is 0.384 e. The number of amides is 1. The van der Waals surface area contributed by atoms with Crippen molar-refractivity contribution in [2.75, 3.05) is 11.9 Å². The van der Waals surface area contributed by atoms with Gasteiger partial charge in [-0.2, -0.15) is 0 Å². The predicted molar refractivity (Wildman–Crippen MR) is 90.1 cm³/mol. The van der Waals surface area contributed by atoms with Crippen molar-refractivity contribution in [1.82, 2.24) is 4.98 Å². The Morgan fingerprint density at radius 3 is 2.82 bits per heavy atom. The smallest absolute Gasteiger partial charge is 0.250 e. The van der Waals surface area contributed by atoms with Crippen molar-refractivity contribution in [3.05, 3.63) is 35.5 Å². The van der Waals surface area contributed by atoms with Gasteiger partial charge in [-0.1, -0.05) is 31.4 Å². The first-order chi connectivity index (χ1) is 10.6. The highest BCUT2D eigenvalue weighted by Crippen LogP contribution is 2.28. The molecule has 1 aliphatic carbocycles. The summed E-state index contributed by atoms with van der Waals surface area (Å²) in [7, 11) is 0. The molecule has 4 nitrogen and oxygen atoms in total. The Hall–Kier alpha value is -2.10. The summed E-state index contributed by atoms with van der Waals surface area (Å²) in [5, 5.41) is 4.54. The van der Waals surface area contributed by atoms with Crippen molar-refractivity contribution in [1.29, 1.82) is 0 Å². The van der Waals surface area contributed by atoms with Gasteiger partial charge in [0.2, 0.25) is 0 Å². The molecule has 0 bridgehead atoms. The number of nitrogens with two attached hydrogens (primary N) is 1. The molecule has 0 unspecified atom stereocenters. The monoisotopic (exact) mass is 297 g/mol. The number of rotatable bonds is 4. The fourth-order valence-electron chi connectivity index (χ4n) is 3.37. The Morgan fingerprint density at radius 1 is 1.32 bits per heavy atom. The molecule has 1 fully saturated rings. The number of anilines is 1. The second-order valence-electron chi connectivity index (χ2n) is 6.26. The molecule has 1 saturated carbocycles. The fourth-order valence-corrected chi connectivity index (χ4v) is 3.37. The van der Waals surface area contributed by atoms with Crippen molar-refractivity contribution in [2.45, 2.75) is 39.0 Å². The zero-order valence-electron chi connectivity index (χ0n) is 13.1. The second kappa shape index (κ2) is 6.34. The zero-order chi connectivity index (χ0) is 15.5. The van der Waals surface area contributed by atoms with Crippen LogP contribution >= 0.6 is 0 Å². The molecule has 22 heavy (non-hydrogen) atoms. The Balaban J connectivity index is 1.91. The number of hydrogen-bond acceptors (Lipinski definition) is 3. The van der Waals surface area contributed by atoms with Gasteiger partial charge in [0.15, 0.2) is 0 Å². The van der Waals surface area contributed by atoms with E-state index in [1.807, 2.05) is 19.1 Å². The molecule has 1 amide bonds. The van der Waals surface area contributed by atoms with Crippen LogP contribution in [0.3, 0.4) is 0 Å². The third-order valence-electron chi connectivity index (χ3n) is 4.54. The number of primary amides is 1. The summed E-state index contributed by atoms with van der Waals surface area (Å²) in [6.45, 7) is 2.93. The molecule has 1 aliphatic rings. The Labute approximate surface area is 131 Å². The predicted octanol–water partition coefficient (Wildman–Crippen LogP) is 3.63. The van der Waals surface area contributed by atoms with Crippen molar-refractivity contribution >= 4 is 22.5 Å². The highest BCUT2D eigenvalue weighted by Gasteiger charge is 2.15. The van der Waals surface area contributed by atoms with E-state index in [4.69, 9.17) is 5.73 Å². The van der Waals surface area contributed by atoms with Crippen LogP contribution in [0, 0.1) is 12.8 Å². The van der Waals surface area contributed by atoms with E-state index in [0.29, 0.717) is 11.1 Å². The van der Waals surface area contributed by atoms with E-state index >= 15 is 0 Å². The van der Waals surface area contributed by atoms with Crippen molar-refractivity contribution in [3.8, 4) is 0 Å². The minimum absolute atomic E-state index is 0.429. The van der Waals surface area contributed by atoms with Gasteiger partial charge in [-0.3, -0.25) is 9.78 Å². The lowest BCUT2D eigenvalue weighted by atomic mass is 9.89. The SMILES string of the molecule is Cc1cc(NCC2CCCCC2)c2cccc(C(N)=O)c2n1. The van der Waals surface area contributed by atoms with Crippen LogP contribution < -0.4 is 11.1 Å². The van der Waals surface area contributed by atoms with Gasteiger partial charge in [-0.25, -0.2) is 0 Å². The van der Waals surface area contributed by atoms with Crippen LogP contribution in [0.4, 0.5) is 5.69 Å². The van der Waals surface area contributed by atoms with E-state index < -0.39 is 5.91 Å². The normalized spacial score (nSPS) is 15.9. The number of aromatic nitrogens is 1. The van der Waals surface area contributed by atoms with Gasteiger partial charge >= 0.3 is 0 Å². The number of carbonyl (C=O) groups is 1. The zero-order valence-corrected chi connectivity index (χ0v) is 13.1. The maximum atomic E-state index is 11.6. The molecule has 0 aliphatic heterocycles. The number of carbonyl (C=O) groups excluding carboxylic acids is 1. The van der Waals surface area contributed by atoms with Crippen molar-refractivity contribution < 1.29 is 4.79 Å². The summed E-state index contributed by atoms with van der Waals surface area (Å²) in [5.74, 6) is 0.318. The molecule has 1 heterocycles. The third kappa shape index (κ3) is 3.06. The summed E-state index contributed by atoms with van der Waals surface area (Å²) in [5.41, 5.74) is 8.60. The maximum Gasteiger partial charge on any atom is 0.250 e. The van der Waals surface area contributed by atoms with Gasteiger partial charge in [-0.15, -0.1) is 0 Å². The van der Waals surface area contributed by atoms with Gasteiger partial charge in [0.25, 0.3) is 5.91 Å². The number of nitrogens with one attached hydrogen (secondary N) is 1. The van der Waals surface area contributed by atoms with Gasteiger partial charge in [0.05, 0.1) is 11.1 Å². The highest BCUT2D eigenvalue weighted by molar-refractivity contribution is 6.07. The first kappa shape index (κ1) is 14.8. The molecule has 1 aromatic heterocycles. The average Bonchev–Trinajstić information content (AvgIpc) is 2.52. The second-order valence-corrected chi connectivity index (χ2v) is 6.26. The quantitative estimate of drug-likeness (QED) is 0.905. The molecule has 0 saturated heterocycles. The van der Waals surface area contributed by atoms with Crippen LogP contribution in [0.2, 0.25) is 0 Å². The standard InChI is InChI=1S/C18H23N3O/c1-12-10-16(20-11-13-6-3-2-4-7-13)14-8-5-9-15(18(19)22)17(14)21-12/h5,8-10,13H,2-4,6-7,11H2,1H3,(H2,19,22)(H,20,21). The molecule has 0 atom stereocenters. The first-order valence-corrected chi connectivity index (χ1v) is 8.09. The molecule has 2 aromatic rings. The highest BCUT2D eigenvalue weighted by atomic mass is 16.1. The summed E-state index contributed by atoms with van der Waals surface area (Å²) >= 11 is 0. The molecule has 3 rings (SSSR count). The van der Waals surface area contributed by atoms with Crippen molar-refractivity contribution in [3.63, 3.8) is 0 Å². The molecule has 3 N–H and O–H groups in total. The lowest BCUT2D eigenvalue weighted by Crippen LogP contribution is -2.17. The van der Waals surface area contributed by atoms with E-state index in [0.717, 1.165) is 29.2 Å². The van der Waals surface area contributed by atoms with Crippen LogP contribution in [-0.2, 0) is 0 Å². The topological polar surface area (TPSA) is 68.0 Å². The Bertz CT molecular complexity index is 690. The van der Waals surface area contributed by atoms with E-state index in [2.05, 4.69) is 16.4 Å². The first-order valence-electron chi connectivity index (χ1n) is 8.09. The van der Waals surface area contributed by atoms with Crippen LogP contribution in [-0.4, -0.2) is 17.4 Å². The minimum Gasteiger partial charge on any atom is -0.384 e. The molecular weight excluding hydrogens is 274 g/mol. The van der Waals surface area contributed by atoms with Gasteiger partial charge < -0.3 is 11.1 Å². The Morgan fingerprint density at radius 2 is 2.09 bits per heavy atom. The molecule has 0 radical (unpaired) electrons. The fraction of sp³-hybridized carbons (Fsp3) is 0.444. The Kier molecular flexibility index (Phi) is 4.27. The number of para-hydroxylation sites is 1. The van der Waals surface area contributed by atoms with E-state index in [1.165, 1.54) is 32.1 Å². The number of fused-ring (bicyclic) bond motifs is 1. The molecule has 1 aromatic carbocycles. The third-order valence-corrected chi connectivity index (χ3v) is 4.54. The lowest BCUT2D eigenvalue weighted by Gasteiger charge is -2.23. The molecule has 0 spiro atoms. The molecule has 4 heteroatoms. The summed E-state index contributed by atoms with van der Waals surface area (Å²) < 4.78 is 0. The van der Waals surface area contributed by atoms with Crippen LogP contribution in [0.5, 0.6) is 0 Å². The lowest BCUT2D eigenvalue weighted by molar-refractivity contribution is 0.100. The molecular formula is C18H23N3O. The minimum atomic E-state index is -0.429. The van der Waals surface area contributed by atoms with Crippen LogP contribution in [0.25, 0.3) is 10.9 Å². The van der Waals surface area contributed by atoms with E-state index in [9.17, 15) is 4.79 Å². The summed E-state index contributed by atoms with van der Waals surface area (Å²) in [4.78, 5) is 16.1.